The third-order valence-electron chi connectivity index (χ3n) is 10.4. The normalized spacial score (nSPS) is 27.0. The minimum atomic E-state index is -2.76. The van der Waals surface area contributed by atoms with Crippen molar-refractivity contribution in [1.29, 1.82) is 0 Å². The fourth-order valence-corrected chi connectivity index (χ4v) is 7.72. The molecule has 0 bridgehead atoms. The molecule has 3 aromatic rings. The molecule has 2 aromatic heterocycles. The van der Waals surface area contributed by atoms with E-state index in [0.717, 1.165) is 62.5 Å². The van der Waals surface area contributed by atoms with Crippen molar-refractivity contribution in [2.24, 2.45) is 0 Å². The number of hydrogen-bond acceptors (Lipinski definition) is 9. The van der Waals surface area contributed by atoms with E-state index in [2.05, 4.69) is 30.7 Å². The quantitative estimate of drug-likeness (QED) is 0.343. The summed E-state index contributed by atoms with van der Waals surface area (Å²) in [6.07, 6.45) is 1.99. The summed E-state index contributed by atoms with van der Waals surface area (Å²) in [5.41, 5.74) is 4.61. The number of hydrogen-bond donors (Lipinski definition) is 3. The van der Waals surface area contributed by atoms with Gasteiger partial charge in [0.2, 0.25) is 0 Å². The molecule has 1 aromatic carbocycles. The van der Waals surface area contributed by atoms with Crippen molar-refractivity contribution in [2.45, 2.75) is 56.0 Å². The maximum absolute atomic E-state index is 15.6. The number of fused-ring (bicyclic) bond motifs is 2. The first kappa shape index (κ1) is 29.9. The average molecular weight is 639 g/mol. The maximum atomic E-state index is 15.6. The van der Waals surface area contributed by atoms with Crippen molar-refractivity contribution in [3.63, 3.8) is 0 Å². The monoisotopic (exact) mass is 638 g/mol. The second-order valence-corrected chi connectivity index (χ2v) is 13.4. The Bertz CT molecular complexity index is 1620. The number of amides is 1. The number of benzene rings is 1. The molecule has 3 N–H and O–H groups in total. The van der Waals surface area contributed by atoms with Crippen LogP contribution in [0.15, 0.2) is 30.5 Å². The third kappa shape index (κ3) is 5.38. The van der Waals surface area contributed by atoms with Gasteiger partial charge in [-0.2, -0.15) is 0 Å². The molecule has 1 unspecified atom stereocenters. The number of nitrogens with zero attached hydrogens (tertiary/aromatic N) is 7. The molecule has 246 valence electrons. The smallest absolute Gasteiger partial charge is 0.275 e. The predicted molar refractivity (Wildman–Crippen MR) is 169 cm³/mol. The Kier molecular flexibility index (Phi) is 7.58. The van der Waals surface area contributed by atoms with Crippen molar-refractivity contribution >= 4 is 28.7 Å². The second kappa shape index (κ2) is 11.7. The van der Waals surface area contributed by atoms with Gasteiger partial charge >= 0.3 is 0 Å². The van der Waals surface area contributed by atoms with Crippen LogP contribution in [0.5, 0.6) is 0 Å². The molecule has 14 heteroatoms. The van der Waals surface area contributed by atoms with Crippen LogP contribution < -0.4 is 20.9 Å². The molecule has 4 fully saturated rings. The molecule has 3 atom stereocenters. The maximum Gasteiger partial charge on any atom is 0.275 e. The highest BCUT2D eigenvalue weighted by molar-refractivity contribution is 5.94. The van der Waals surface area contributed by atoms with Gasteiger partial charge in [-0.25, -0.2) is 22.7 Å². The molecule has 8 rings (SSSR count). The summed E-state index contributed by atoms with van der Waals surface area (Å²) in [5, 5.41) is 14.0. The van der Waals surface area contributed by atoms with Crippen molar-refractivity contribution in [2.75, 3.05) is 76.2 Å². The van der Waals surface area contributed by atoms with Crippen LogP contribution in [0, 0.1) is 0 Å². The molecule has 1 amide bonds. The first-order valence-corrected chi connectivity index (χ1v) is 16.5. The predicted octanol–water partition coefficient (Wildman–Crippen LogP) is 2.10. The third-order valence-corrected chi connectivity index (χ3v) is 10.4. The van der Waals surface area contributed by atoms with Gasteiger partial charge in [0.25, 0.3) is 11.8 Å². The lowest BCUT2D eigenvalue weighted by molar-refractivity contribution is -0.154. The Balaban J connectivity index is 0.968. The zero-order chi connectivity index (χ0) is 31.6. The van der Waals surface area contributed by atoms with Gasteiger partial charge in [-0.1, -0.05) is 12.1 Å². The minimum absolute atomic E-state index is 0.237. The van der Waals surface area contributed by atoms with Crippen molar-refractivity contribution < 1.29 is 18.0 Å². The summed E-state index contributed by atoms with van der Waals surface area (Å²) in [7, 11) is 1.78. The Morgan fingerprint density at radius 3 is 2.67 bits per heavy atom. The summed E-state index contributed by atoms with van der Waals surface area (Å²) in [6, 6.07) is 7.19. The van der Waals surface area contributed by atoms with Crippen LogP contribution in [0.25, 0.3) is 5.65 Å². The van der Waals surface area contributed by atoms with Gasteiger partial charge in [-0.15, -0.1) is 5.10 Å². The number of imidazole rings is 1. The molecule has 6 heterocycles. The number of likely N-dealkylation sites (tertiary alicyclic amines) is 2. The topological polar surface area (TPSA) is 96.3 Å². The van der Waals surface area contributed by atoms with Crippen molar-refractivity contribution in [1.82, 2.24) is 39.9 Å². The summed E-state index contributed by atoms with van der Waals surface area (Å²) in [4.78, 5) is 25.8. The summed E-state index contributed by atoms with van der Waals surface area (Å²) in [5.74, 6) is -2.54. The highest BCUT2D eigenvalue weighted by Crippen LogP contribution is 2.39. The van der Waals surface area contributed by atoms with E-state index in [1.165, 1.54) is 10.7 Å². The van der Waals surface area contributed by atoms with Crippen LogP contribution in [0.3, 0.4) is 0 Å². The number of carbonyl (C=O) groups excluding carboxylic acids is 1. The van der Waals surface area contributed by atoms with E-state index < -0.39 is 30.1 Å². The van der Waals surface area contributed by atoms with Crippen LogP contribution in [0.1, 0.15) is 34.5 Å². The average Bonchev–Trinajstić information content (AvgIpc) is 3.38. The van der Waals surface area contributed by atoms with Gasteiger partial charge in [-0.05, 0) is 30.0 Å². The van der Waals surface area contributed by atoms with Gasteiger partial charge < -0.3 is 20.9 Å². The van der Waals surface area contributed by atoms with Crippen LogP contribution in [-0.4, -0.2) is 131 Å². The largest absolute Gasteiger partial charge is 0.385 e. The van der Waals surface area contributed by atoms with Crippen LogP contribution >= 0.6 is 0 Å². The van der Waals surface area contributed by atoms with Gasteiger partial charge in [0.05, 0.1) is 30.5 Å². The number of aromatic nitrogens is 3. The lowest BCUT2D eigenvalue weighted by Crippen LogP contribution is -2.69. The number of piperazine rings is 1. The standard InChI is InChI=1S/C32H41F3N10O/c1-36-25-14-29(40-45-27(15-38-30(25)45)31(46)39-24-13-23(24)33)44-10-5-22-20(3-2-4-26(22)44)16-41-9-6-28(32(34,35)19-41)43-17-21(18-43)42-11-7-37-8-12-42/h2-4,14-15,21,23-24,28,36-37H,5-13,16-19H2,1H3,(H,39,46)/t23-,24+,28?/m0/s1. The molecule has 0 radical (unpaired) electrons. The van der Waals surface area contributed by atoms with Gasteiger partial charge in [0.15, 0.2) is 17.2 Å². The summed E-state index contributed by atoms with van der Waals surface area (Å²) < 4.78 is 46.1. The highest BCUT2D eigenvalue weighted by Gasteiger charge is 2.51. The Morgan fingerprint density at radius 1 is 1.13 bits per heavy atom. The number of nitrogens with one attached hydrogen (secondary N) is 3. The van der Waals surface area contributed by atoms with E-state index in [-0.39, 0.29) is 12.2 Å². The van der Waals surface area contributed by atoms with Gasteiger partial charge in [-0.3, -0.25) is 19.5 Å². The lowest BCUT2D eigenvalue weighted by Gasteiger charge is -2.53. The van der Waals surface area contributed by atoms with Crippen LogP contribution in [-0.2, 0) is 13.0 Å². The molecule has 0 spiro atoms. The first-order chi connectivity index (χ1) is 22.3. The minimum Gasteiger partial charge on any atom is -0.385 e. The number of anilines is 3. The Morgan fingerprint density at radius 2 is 1.93 bits per heavy atom. The van der Waals surface area contributed by atoms with E-state index in [1.54, 1.807) is 7.05 Å². The van der Waals surface area contributed by atoms with E-state index in [0.29, 0.717) is 55.7 Å². The fourth-order valence-electron chi connectivity index (χ4n) is 7.72. The molecule has 46 heavy (non-hydrogen) atoms. The molecule has 1 saturated carbocycles. The second-order valence-electron chi connectivity index (χ2n) is 13.4. The molecular weight excluding hydrogens is 597 g/mol. The lowest BCUT2D eigenvalue weighted by atomic mass is 9.93. The van der Waals surface area contributed by atoms with Crippen molar-refractivity contribution in [3.8, 4) is 0 Å². The number of rotatable bonds is 8. The molecule has 4 aliphatic heterocycles. The van der Waals surface area contributed by atoms with Gasteiger partial charge in [0, 0.05) is 90.2 Å². The first-order valence-electron chi connectivity index (χ1n) is 16.5. The molecule has 3 saturated heterocycles. The van der Waals surface area contributed by atoms with E-state index in [9.17, 15) is 9.18 Å². The molecular formula is C32H41F3N10O. The SMILES string of the molecule is CNc1cc(N2CCc3c(CN4CCC(N5CC(N6CCNCC6)C5)C(F)(F)C4)cccc32)nn2c(C(=O)N[C@@H]3C[C@@H]3F)cnc12. The fraction of sp³-hybridized carbons (Fsp3) is 0.594. The molecule has 5 aliphatic rings. The molecule has 11 nitrogen and oxygen atoms in total. The zero-order valence-electron chi connectivity index (χ0n) is 26.1. The Hall–Kier alpha value is -3.46. The zero-order valence-corrected chi connectivity index (χ0v) is 26.1. The number of piperidine rings is 1. The van der Waals surface area contributed by atoms with Crippen molar-refractivity contribution in [3.05, 3.63) is 47.3 Å². The number of halogens is 3. The van der Waals surface area contributed by atoms with E-state index in [1.807, 2.05) is 34.1 Å². The Labute approximate surface area is 266 Å². The number of alkyl halides is 3. The van der Waals surface area contributed by atoms with Gasteiger partial charge in [0.1, 0.15) is 6.17 Å². The van der Waals surface area contributed by atoms with Crippen LogP contribution in [0.2, 0.25) is 0 Å². The summed E-state index contributed by atoms with van der Waals surface area (Å²) >= 11 is 0. The van der Waals surface area contributed by atoms with E-state index in [4.69, 9.17) is 5.10 Å². The van der Waals surface area contributed by atoms with E-state index >= 15 is 8.78 Å². The van der Waals surface area contributed by atoms with Crippen LogP contribution in [0.4, 0.5) is 30.4 Å². The number of carbonyl (C=O) groups is 1. The molecule has 1 aliphatic carbocycles. The highest BCUT2D eigenvalue weighted by atomic mass is 19.3. The summed E-state index contributed by atoms with van der Waals surface area (Å²) in [6.45, 7) is 6.96.